The molecule has 1 fully saturated rings. The molecule has 0 saturated carbocycles. The number of hydrogen-bond acceptors (Lipinski definition) is 4. The summed E-state index contributed by atoms with van der Waals surface area (Å²) in [5.74, 6) is 0.0394. The van der Waals surface area contributed by atoms with Crippen molar-refractivity contribution in [1.82, 2.24) is 10.2 Å². The Morgan fingerprint density at radius 1 is 1.72 bits per heavy atom. The molecule has 1 aliphatic rings. The van der Waals surface area contributed by atoms with Crippen LogP contribution < -0.4 is 5.32 Å². The van der Waals surface area contributed by atoms with E-state index in [-0.39, 0.29) is 18.1 Å². The van der Waals surface area contributed by atoms with E-state index in [1.807, 2.05) is 24.4 Å². The molecule has 1 aromatic heterocycles. The highest BCUT2D eigenvalue weighted by Gasteiger charge is 2.26. The number of aliphatic hydroxyl groups is 1. The molecule has 4 nitrogen and oxygen atoms in total. The van der Waals surface area contributed by atoms with Gasteiger partial charge in [0.25, 0.3) is 0 Å². The van der Waals surface area contributed by atoms with Gasteiger partial charge in [0.1, 0.15) is 0 Å². The van der Waals surface area contributed by atoms with Crippen molar-refractivity contribution in [2.24, 2.45) is 0 Å². The molecule has 1 aliphatic heterocycles. The molecule has 1 amide bonds. The average molecular weight is 268 g/mol. The predicted octanol–water partition coefficient (Wildman–Crippen LogP) is 1.21. The Bertz CT molecular complexity index is 380. The molecular formula is C13H20N2O2S. The summed E-state index contributed by atoms with van der Waals surface area (Å²) in [5, 5.41) is 14.6. The molecule has 0 bridgehead atoms. The van der Waals surface area contributed by atoms with Gasteiger partial charge in [-0.2, -0.15) is 0 Å². The highest BCUT2D eigenvalue weighted by molar-refractivity contribution is 7.09. The molecule has 5 heteroatoms. The Hall–Kier alpha value is -0.910. The molecule has 0 aromatic carbocycles. The normalized spacial score (nSPS) is 22.7. The quantitative estimate of drug-likeness (QED) is 0.863. The largest absolute Gasteiger partial charge is 0.392 e. The van der Waals surface area contributed by atoms with Gasteiger partial charge in [0.2, 0.25) is 5.91 Å². The van der Waals surface area contributed by atoms with Crippen LogP contribution in [0.5, 0.6) is 0 Å². The molecular weight excluding hydrogens is 248 g/mol. The van der Waals surface area contributed by atoms with Crippen LogP contribution >= 0.6 is 11.3 Å². The van der Waals surface area contributed by atoms with Crippen LogP contribution in [0.3, 0.4) is 0 Å². The van der Waals surface area contributed by atoms with E-state index in [4.69, 9.17) is 0 Å². The van der Waals surface area contributed by atoms with Crippen molar-refractivity contribution in [1.29, 1.82) is 0 Å². The second kappa shape index (κ2) is 6.31. The van der Waals surface area contributed by atoms with Crippen molar-refractivity contribution in [3.63, 3.8) is 0 Å². The smallest absolute Gasteiger partial charge is 0.237 e. The number of likely N-dealkylation sites (tertiary alicyclic amines) is 1. The number of carbonyl (C=O) groups is 1. The fourth-order valence-corrected chi connectivity index (χ4v) is 2.88. The van der Waals surface area contributed by atoms with Crippen molar-refractivity contribution >= 4 is 17.2 Å². The lowest BCUT2D eigenvalue weighted by Crippen LogP contribution is -2.50. The minimum Gasteiger partial charge on any atom is -0.392 e. The van der Waals surface area contributed by atoms with Gasteiger partial charge in [0.15, 0.2) is 0 Å². The summed E-state index contributed by atoms with van der Waals surface area (Å²) in [6.45, 7) is 4.00. The van der Waals surface area contributed by atoms with E-state index in [1.54, 1.807) is 11.3 Å². The number of aliphatic hydroxyl groups excluding tert-OH is 1. The van der Waals surface area contributed by atoms with Crippen molar-refractivity contribution in [2.75, 3.05) is 13.1 Å². The lowest BCUT2D eigenvalue weighted by atomic mass is 10.1. The molecule has 2 unspecified atom stereocenters. The topological polar surface area (TPSA) is 52.6 Å². The number of carbonyl (C=O) groups excluding carboxylic acids is 1. The minimum absolute atomic E-state index is 0.0394. The Morgan fingerprint density at radius 3 is 3.22 bits per heavy atom. The van der Waals surface area contributed by atoms with E-state index in [0.717, 1.165) is 24.3 Å². The second-order valence-electron chi connectivity index (χ2n) is 4.76. The zero-order valence-electron chi connectivity index (χ0n) is 10.6. The van der Waals surface area contributed by atoms with Gasteiger partial charge in [0.05, 0.1) is 18.7 Å². The molecule has 2 atom stereocenters. The molecule has 2 N–H and O–H groups in total. The van der Waals surface area contributed by atoms with Crippen LogP contribution in [-0.2, 0) is 11.3 Å². The highest BCUT2D eigenvalue weighted by Crippen LogP contribution is 2.13. The number of rotatable bonds is 4. The first-order valence-corrected chi connectivity index (χ1v) is 7.27. The zero-order chi connectivity index (χ0) is 13.0. The van der Waals surface area contributed by atoms with E-state index in [0.29, 0.717) is 13.1 Å². The first-order chi connectivity index (χ1) is 8.66. The van der Waals surface area contributed by atoms with Crippen molar-refractivity contribution in [2.45, 2.75) is 38.5 Å². The van der Waals surface area contributed by atoms with Crippen LogP contribution in [0.15, 0.2) is 17.5 Å². The number of amides is 1. The molecule has 0 radical (unpaired) electrons. The summed E-state index contributed by atoms with van der Waals surface area (Å²) in [4.78, 5) is 15.2. The van der Waals surface area contributed by atoms with Gasteiger partial charge in [-0.3, -0.25) is 9.69 Å². The summed E-state index contributed by atoms with van der Waals surface area (Å²) in [5.41, 5.74) is 0. The fourth-order valence-electron chi connectivity index (χ4n) is 2.24. The molecule has 18 heavy (non-hydrogen) atoms. The van der Waals surface area contributed by atoms with Crippen LogP contribution in [0.4, 0.5) is 0 Å². The third-order valence-electron chi connectivity index (χ3n) is 3.37. The summed E-state index contributed by atoms with van der Waals surface area (Å²) in [7, 11) is 0. The Morgan fingerprint density at radius 2 is 2.56 bits per heavy atom. The SMILES string of the molecule is CC(C(=O)NCc1cccs1)N1CCCC(O)C1. The Kier molecular flexibility index (Phi) is 4.74. The third kappa shape index (κ3) is 3.54. The molecule has 0 spiro atoms. The van der Waals surface area contributed by atoms with Gasteiger partial charge in [0, 0.05) is 11.4 Å². The first kappa shape index (κ1) is 13.5. The maximum atomic E-state index is 12.0. The highest BCUT2D eigenvalue weighted by atomic mass is 32.1. The van der Waals surface area contributed by atoms with Crippen LogP contribution in [0.25, 0.3) is 0 Å². The third-order valence-corrected chi connectivity index (χ3v) is 4.25. The predicted molar refractivity (Wildman–Crippen MR) is 72.4 cm³/mol. The summed E-state index contributed by atoms with van der Waals surface area (Å²) < 4.78 is 0. The van der Waals surface area contributed by atoms with Gasteiger partial charge in [-0.25, -0.2) is 0 Å². The maximum Gasteiger partial charge on any atom is 0.237 e. The molecule has 1 saturated heterocycles. The van der Waals surface area contributed by atoms with Gasteiger partial charge >= 0.3 is 0 Å². The second-order valence-corrected chi connectivity index (χ2v) is 5.80. The van der Waals surface area contributed by atoms with Crippen LogP contribution in [0.2, 0.25) is 0 Å². The van der Waals surface area contributed by atoms with Gasteiger partial charge in [-0.05, 0) is 37.8 Å². The van der Waals surface area contributed by atoms with Crippen molar-refractivity contribution in [3.8, 4) is 0 Å². The van der Waals surface area contributed by atoms with Gasteiger partial charge < -0.3 is 10.4 Å². The number of hydrogen-bond donors (Lipinski definition) is 2. The van der Waals surface area contributed by atoms with E-state index in [1.165, 1.54) is 0 Å². The first-order valence-electron chi connectivity index (χ1n) is 6.39. The molecule has 2 heterocycles. The Balaban J connectivity index is 1.80. The lowest BCUT2D eigenvalue weighted by molar-refractivity contribution is -0.127. The van der Waals surface area contributed by atoms with E-state index in [2.05, 4.69) is 10.2 Å². The maximum absolute atomic E-state index is 12.0. The lowest BCUT2D eigenvalue weighted by Gasteiger charge is -2.33. The average Bonchev–Trinajstić information content (AvgIpc) is 2.88. The van der Waals surface area contributed by atoms with E-state index >= 15 is 0 Å². The number of nitrogens with one attached hydrogen (secondary N) is 1. The van der Waals surface area contributed by atoms with Crippen molar-refractivity contribution in [3.05, 3.63) is 22.4 Å². The van der Waals surface area contributed by atoms with Gasteiger partial charge in [-0.15, -0.1) is 11.3 Å². The van der Waals surface area contributed by atoms with Crippen molar-refractivity contribution < 1.29 is 9.90 Å². The number of β-amino-alcohol motifs (C(OH)–C–C–N with tert-alkyl or cyclic N) is 1. The molecule has 2 rings (SSSR count). The molecule has 100 valence electrons. The fraction of sp³-hybridized carbons (Fsp3) is 0.615. The molecule has 0 aliphatic carbocycles. The minimum atomic E-state index is -0.286. The van der Waals surface area contributed by atoms with Crippen LogP contribution in [0, 0.1) is 0 Å². The monoisotopic (exact) mass is 268 g/mol. The number of piperidine rings is 1. The van der Waals surface area contributed by atoms with E-state index < -0.39 is 0 Å². The van der Waals surface area contributed by atoms with E-state index in [9.17, 15) is 9.90 Å². The number of thiophene rings is 1. The summed E-state index contributed by atoms with van der Waals surface area (Å²) in [6.07, 6.45) is 1.52. The molecule has 1 aromatic rings. The Labute approximate surface area is 112 Å². The zero-order valence-corrected chi connectivity index (χ0v) is 11.4. The van der Waals surface area contributed by atoms with Crippen LogP contribution in [-0.4, -0.2) is 41.1 Å². The van der Waals surface area contributed by atoms with Crippen LogP contribution in [0.1, 0.15) is 24.6 Å². The van der Waals surface area contributed by atoms with Gasteiger partial charge in [-0.1, -0.05) is 6.07 Å². The summed E-state index contributed by atoms with van der Waals surface area (Å²) >= 11 is 1.64. The summed E-state index contributed by atoms with van der Waals surface area (Å²) in [6, 6.07) is 3.83. The standard InChI is InChI=1S/C13H20N2O2S/c1-10(15-6-2-4-11(16)9-15)13(17)14-8-12-5-3-7-18-12/h3,5,7,10-11,16H,2,4,6,8-9H2,1H3,(H,14,17). The number of nitrogens with zero attached hydrogens (tertiary/aromatic N) is 1.